The molecule has 108 valence electrons. The zero-order valence-electron chi connectivity index (χ0n) is 12.1. The molecule has 1 aromatic heterocycles. The molecule has 0 saturated carbocycles. The minimum absolute atomic E-state index is 0.0335. The number of aliphatic hydroxyl groups excluding tert-OH is 1. The van der Waals surface area contributed by atoms with Crippen molar-refractivity contribution >= 4 is 16.8 Å². The summed E-state index contributed by atoms with van der Waals surface area (Å²) in [5, 5.41) is 12.9. The average Bonchev–Trinajstić information content (AvgIpc) is 2.74. The number of nitrogens with zero attached hydrogens (tertiary/aromatic N) is 1. The number of fused-ring (bicyclic) bond motifs is 1. The molecule has 0 fully saturated rings. The van der Waals surface area contributed by atoms with E-state index in [1.807, 2.05) is 42.9 Å². The number of para-hydroxylation sites is 1. The third-order valence-electron chi connectivity index (χ3n) is 3.60. The second kappa shape index (κ2) is 6.57. The topological polar surface area (TPSA) is 54.3 Å². The summed E-state index contributed by atoms with van der Waals surface area (Å²) < 4.78 is 2.05. The lowest BCUT2D eigenvalue weighted by Gasteiger charge is -2.10. The van der Waals surface area contributed by atoms with E-state index in [0.717, 1.165) is 16.5 Å². The van der Waals surface area contributed by atoms with Crippen molar-refractivity contribution in [3.63, 3.8) is 0 Å². The number of aryl methyl sites for hydroxylation is 1. The first kappa shape index (κ1) is 14.6. The summed E-state index contributed by atoms with van der Waals surface area (Å²) >= 11 is 0. The molecule has 0 aliphatic rings. The second-order valence-electron chi connectivity index (χ2n) is 5.38. The van der Waals surface area contributed by atoms with Crippen LogP contribution in [0.5, 0.6) is 0 Å². The van der Waals surface area contributed by atoms with Gasteiger partial charge in [-0.1, -0.05) is 25.1 Å². The Kier molecular flexibility index (Phi) is 4.79. The van der Waals surface area contributed by atoms with E-state index in [0.29, 0.717) is 25.3 Å². The number of hydrogen-bond donors (Lipinski definition) is 2. The van der Waals surface area contributed by atoms with Gasteiger partial charge >= 0.3 is 0 Å². The number of hydrogen-bond acceptors (Lipinski definition) is 2. The van der Waals surface area contributed by atoms with Crippen LogP contribution in [0.4, 0.5) is 0 Å². The Labute approximate surface area is 119 Å². The first-order valence-corrected chi connectivity index (χ1v) is 7.02. The highest BCUT2D eigenvalue weighted by atomic mass is 16.3. The van der Waals surface area contributed by atoms with Gasteiger partial charge in [-0.15, -0.1) is 0 Å². The fourth-order valence-corrected chi connectivity index (χ4v) is 2.41. The smallest absolute Gasteiger partial charge is 0.224 e. The molecule has 2 aromatic rings. The van der Waals surface area contributed by atoms with Gasteiger partial charge in [-0.25, -0.2) is 0 Å². The van der Waals surface area contributed by atoms with Gasteiger partial charge in [0.1, 0.15) is 0 Å². The van der Waals surface area contributed by atoms with Gasteiger partial charge in [-0.05, 0) is 24.0 Å². The van der Waals surface area contributed by atoms with Crippen LogP contribution < -0.4 is 5.32 Å². The molecule has 0 bridgehead atoms. The number of carbonyl (C=O) groups excluding carboxylic acids is 1. The van der Waals surface area contributed by atoms with E-state index in [4.69, 9.17) is 5.11 Å². The Morgan fingerprint density at radius 3 is 2.90 bits per heavy atom. The van der Waals surface area contributed by atoms with Gasteiger partial charge in [0.2, 0.25) is 5.91 Å². The normalized spacial score (nSPS) is 12.6. The van der Waals surface area contributed by atoms with Crippen molar-refractivity contribution in [1.29, 1.82) is 0 Å². The Morgan fingerprint density at radius 2 is 2.15 bits per heavy atom. The van der Waals surface area contributed by atoms with Crippen LogP contribution in [0.15, 0.2) is 30.5 Å². The highest BCUT2D eigenvalue weighted by Gasteiger charge is 2.11. The molecule has 2 rings (SSSR count). The fraction of sp³-hybridized carbons (Fsp3) is 0.438. The molecule has 1 atom stereocenters. The van der Waals surface area contributed by atoms with Gasteiger partial charge in [-0.3, -0.25) is 4.79 Å². The van der Waals surface area contributed by atoms with Crippen LogP contribution in [-0.4, -0.2) is 28.7 Å². The quantitative estimate of drug-likeness (QED) is 0.844. The van der Waals surface area contributed by atoms with Crippen LogP contribution in [0.3, 0.4) is 0 Å². The van der Waals surface area contributed by atoms with Gasteiger partial charge in [-0.2, -0.15) is 0 Å². The predicted molar refractivity (Wildman–Crippen MR) is 80.5 cm³/mol. The number of aliphatic hydroxyl groups is 1. The molecular weight excluding hydrogens is 252 g/mol. The molecule has 4 nitrogen and oxygen atoms in total. The standard InChI is InChI=1S/C16H22N2O2/c1-12(7-8-19)10-17-16(20)9-13-11-18(2)15-6-4-3-5-14(13)15/h3-6,11-12,19H,7-10H2,1-2H3,(H,17,20). The zero-order chi connectivity index (χ0) is 14.5. The Balaban J connectivity index is 2.00. The second-order valence-corrected chi connectivity index (χ2v) is 5.38. The first-order chi connectivity index (χ1) is 9.61. The number of rotatable bonds is 6. The molecular formula is C16H22N2O2. The maximum Gasteiger partial charge on any atom is 0.224 e. The predicted octanol–water partition coefficient (Wildman–Crippen LogP) is 1.86. The molecule has 0 aliphatic carbocycles. The first-order valence-electron chi connectivity index (χ1n) is 7.02. The van der Waals surface area contributed by atoms with Crippen molar-refractivity contribution in [2.75, 3.05) is 13.2 Å². The van der Waals surface area contributed by atoms with Crippen molar-refractivity contribution in [1.82, 2.24) is 9.88 Å². The van der Waals surface area contributed by atoms with Crippen LogP contribution in [0.1, 0.15) is 18.9 Å². The Bertz CT molecular complexity index is 589. The Morgan fingerprint density at radius 1 is 1.40 bits per heavy atom. The molecule has 0 saturated heterocycles. The van der Waals surface area contributed by atoms with Crippen molar-refractivity contribution in [3.05, 3.63) is 36.0 Å². The molecule has 4 heteroatoms. The van der Waals surface area contributed by atoms with Crippen LogP contribution in [0.25, 0.3) is 10.9 Å². The van der Waals surface area contributed by atoms with Gasteiger partial charge in [0.25, 0.3) is 0 Å². The highest BCUT2D eigenvalue weighted by Crippen LogP contribution is 2.20. The molecule has 1 aromatic carbocycles. The van der Waals surface area contributed by atoms with Crippen molar-refractivity contribution in [2.45, 2.75) is 19.8 Å². The largest absolute Gasteiger partial charge is 0.396 e. The molecule has 1 heterocycles. The van der Waals surface area contributed by atoms with Gasteiger partial charge in [0.15, 0.2) is 0 Å². The van der Waals surface area contributed by atoms with Crippen molar-refractivity contribution in [3.8, 4) is 0 Å². The number of carbonyl (C=O) groups is 1. The van der Waals surface area contributed by atoms with E-state index in [9.17, 15) is 4.79 Å². The molecule has 1 amide bonds. The highest BCUT2D eigenvalue weighted by molar-refractivity contribution is 5.89. The molecule has 2 N–H and O–H groups in total. The maximum absolute atomic E-state index is 12.0. The number of nitrogens with one attached hydrogen (secondary N) is 1. The average molecular weight is 274 g/mol. The lowest BCUT2D eigenvalue weighted by Crippen LogP contribution is -2.29. The number of benzene rings is 1. The maximum atomic E-state index is 12.0. The summed E-state index contributed by atoms with van der Waals surface area (Å²) in [6, 6.07) is 8.10. The van der Waals surface area contributed by atoms with E-state index in [2.05, 4.69) is 11.4 Å². The minimum Gasteiger partial charge on any atom is -0.396 e. The van der Waals surface area contributed by atoms with E-state index >= 15 is 0 Å². The van der Waals surface area contributed by atoms with Crippen LogP contribution in [0, 0.1) is 5.92 Å². The third-order valence-corrected chi connectivity index (χ3v) is 3.60. The molecule has 0 aliphatic heterocycles. The number of amides is 1. The van der Waals surface area contributed by atoms with Gasteiger partial charge in [0.05, 0.1) is 6.42 Å². The van der Waals surface area contributed by atoms with Crippen LogP contribution in [0.2, 0.25) is 0 Å². The zero-order valence-corrected chi connectivity index (χ0v) is 12.1. The van der Waals surface area contributed by atoms with Gasteiger partial charge < -0.3 is 15.0 Å². The Hall–Kier alpha value is -1.81. The van der Waals surface area contributed by atoms with E-state index in [1.165, 1.54) is 0 Å². The van der Waals surface area contributed by atoms with E-state index < -0.39 is 0 Å². The summed E-state index contributed by atoms with van der Waals surface area (Å²) in [4.78, 5) is 12.0. The van der Waals surface area contributed by atoms with Gasteiger partial charge in [0, 0.05) is 37.3 Å². The lowest BCUT2D eigenvalue weighted by molar-refractivity contribution is -0.120. The summed E-state index contributed by atoms with van der Waals surface area (Å²) in [6.45, 7) is 2.80. The van der Waals surface area contributed by atoms with E-state index in [-0.39, 0.29) is 12.5 Å². The van der Waals surface area contributed by atoms with E-state index in [1.54, 1.807) is 0 Å². The lowest BCUT2D eigenvalue weighted by atomic mass is 10.1. The summed E-state index contributed by atoms with van der Waals surface area (Å²) in [5.41, 5.74) is 2.19. The molecule has 20 heavy (non-hydrogen) atoms. The third kappa shape index (κ3) is 3.39. The molecule has 0 radical (unpaired) electrons. The fourth-order valence-electron chi connectivity index (χ4n) is 2.41. The minimum atomic E-state index is 0.0335. The van der Waals surface area contributed by atoms with Crippen molar-refractivity contribution < 1.29 is 9.90 Å². The molecule has 0 spiro atoms. The van der Waals surface area contributed by atoms with Crippen LogP contribution in [-0.2, 0) is 18.3 Å². The van der Waals surface area contributed by atoms with Crippen molar-refractivity contribution in [2.24, 2.45) is 13.0 Å². The summed E-state index contributed by atoms with van der Waals surface area (Å²) in [6.07, 6.45) is 3.13. The monoisotopic (exact) mass is 274 g/mol. The summed E-state index contributed by atoms with van der Waals surface area (Å²) in [5.74, 6) is 0.336. The SMILES string of the molecule is CC(CCO)CNC(=O)Cc1cn(C)c2ccccc12. The molecule has 1 unspecified atom stereocenters. The summed E-state index contributed by atoms with van der Waals surface area (Å²) in [7, 11) is 1.99. The van der Waals surface area contributed by atoms with Crippen LogP contribution >= 0.6 is 0 Å². The number of aromatic nitrogens is 1.